The fourth-order valence-electron chi connectivity index (χ4n) is 2.15. The highest BCUT2D eigenvalue weighted by Crippen LogP contribution is 2.16. The van der Waals surface area contributed by atoms with Crippen molar-refractivity contribution < 1.29 is 9.59 Å². The summed E-state index contributed by atoms with van der Waals surface area (Å²) in [4.78, 5) is 26.1. The van der Waals surface area contributed by atoms with Crippen LogP contribution in [-0.4, -0.2) is 47.4 Å². The number of rotatable bonds is 6. The molecule has 0 radical (unpaired) electrons. The van der Waals surface area contributed by atoms with Gasteiger partial charge in [0.05, 0.1) is 0 Å². The predicted octanol–water partition coefficient (Wildman–Crippen LogP) is 1.89. The van der Waals surface area contributed by atoms with E-state index in [1.165, 1.54) is 0 Å². The number of amides is 2. The lowest BCUT2D eigenvalue weighted by atomic mass is 9.98. The van der Waals surface area contributed by atoms with E-state index in [2.05, 4.69) is 25.4 Å². The molecule has 1 rings (SSSR count). The maximum atomic E-state index is 12.5. The average molecular weight is 286 g/mol. The minimum atomic E-state index is -0.343. The maximum Gasteiger partial charge on any atom is 0.245 e. The van der Waals surface area contributed by atoms with Crippen molar-refractivity contribution in [3.63, 3.8) is 0 Å². The zero-order valence-electron chi connectivity index (χ0n) is 12.4. The molecule has 1 fully saturated rings. The summed E-state index contributed by atoms with van der Waals surface area (Å²) >= 11 is 1.81. The first-order valence-electron chi connectivity index (χ1n) is 7.10. The molecule has 0 aromatic heterocycles. The lowest BCUT2D eigenvalue weighted by Crippen LogP contribution is -2.48. The summed E-state index contributed by atoms with van der Waals surface area (Å²) in [6.07, 6.45) is 4.38. The molecule has 3 atom stereocenters. The Balaban J connectivity index is 2.69. The van der Waals surface area contributed by atoms with Crippen molar-refractivity contribution in [3.05, 3.63) is 0 Å². The molecule has 1 saturated heterocycles. The molecule has 1 aliphatic rings. The van der Waals surface area contributed by atoms with Crippen LogP contribution in [-0.2, 0) is 9.59 Å². The second kappa shape index (κ2) is 7.78. The van der Waals surface area contributed by atoms with Crippen molar-refractivity contribution in [1.29, 1.82) is 0 Å². The molecule has 1 aliphatic heterocycles. The van der Waals surface area contributed by atoms with Gasteiger partial charge in [-0.25, -0.2) is 0 Å². The number of nitrogens with one attached hydrogen (secondary N) is 1. The van der Waals surface area contributed by atoms with Crippen LogP contribution in [0.4, 0.5) is 0 Å². The van der Waals surface area contributed by atoms with Gasteiger partial charge in [0.25, 0.3) is 0 Å². The van der Waals surface area contributed by atoms with E-state index in [0.717, 1.165) is 19.4 Å². The Morgan fingerprint density at radius 1 is 1.42 bits per heavy atom. The van der Waals surface area contributed by atoms with Crippen LogP contribution in [0.2, 0.25) is 0 Å². The van der Waals surface area contributed by atoms with E-state index in [1.54, 1.807) is 0 Å². The second-order valence-electron chi connectivity index (χ2n) is 5.34. The Labute approximate surface area is 120 Å². The van der Waals surface area contributed by atoms with E-state index >= 15 is 0 Å². The highest BCUT2D eigenvalue weighted by atomic mass is 32.2. The molecule has 2 amide bonds. The predicted molar refractivity (Wildman–Crippen MR) is 80.2 cm³/mol. The van der Waals surface area contributed by atoms with E-state index in [-0.39, 0.29) is 23.8 Å². The van der Waals surface area contributed by atoms with E-state index < -0.39 is 0 Å². The quantitative estimate of drug-likeness (QED) is 0.811. The van der Waals surface area contributed by atoms with Crippen molar-refractivity contribution in [1.82, 2.24) is 10.2 Å². The van der Waals surface area contributed by atoms with Gasteiger partial charge in [-0.2, -0.15) is 11.8 Å². The molecule has 110 valence electrons. The summed E-state index contributed by atoms with van der Waals surface area (Å²) in [6, 6.07) is -0.343. The number of carbonyl (C=O) groups excluding carboxylic acids is 2. The Morgan fingerprint density at radius 2 is 2.11 bits per heavy atom. The maximum absolute atomic E-state index is 12.5. The van der Waals surface area contributed by atoms with Crippen LogP contribution in [0.15, 0.2) is 0 Å². The van der Waals surface area contributed by atoms with Crippen molar-refractivity contribution in [3.8, 4) is 0 Å². The average Bonchev–Trinajstić information content (AvgIpc) is 2.55. The Hall–Kier alpha value is -0.710. The molecule has 4 nitrogen and oxygen atoms in total. The molecular weight excluding hydrogens is 260 g/mol. The molecule has 3 unspecified atom stereocenters. The molecule has 0 aliphatic carbocycles. The molecule has 1 heterocycles. The lowest BCUT2D eigenvalue weighted by Gasteiger charge is -2.27. The van der Waals surface area contributed by atoms with Crippen LogP contribution in [0.5, 0.6) is 0 Å². The van der Waals surface area contributed by atoms with Crippen LogP contribution < -0.4 is 5.32 Å². The first-order chi connectivity index (χ1) is 8.99. The second-order valence-corrected chi connectivity index (χ2v) is 6.62. The number of thioether (sulfide) groups is 1. The molecule has 0 saturated carbocycles. The lowest BCUT2D eigenvalue weighted by molar-refractivity contribution is -0.135. The van der Waals surface area contributed by atoms with E-state index in [4.69, 9.17) is 0 Å². The number of nitrogens with zero attached hydrogens (tertiary/aromatic N) is 1. The van der Waals surface area contributed by atoms with Crippen molar-refractivity contribution in [2.24, 2.45) is 5.92 Å². The number of hydrogen-bond donors (Lipinski definition) is 1. The molecule has 19 heavy (non-hydrogen) atoms. The zero-order valence-corrected chi connectivity index (χ0v) is 13.3. The van der Waals surface area contributed by atoms with Crippen LogP contribution in [0.3, 0.4) is 0 Å². The summed E-state index contributed by atoms with van der Waals surface area (Å²) in [5, 5.41) is 3.42. The fourth-order valence-corrected chi connectivity index (χ4v) is 2.49. The first-order valence-corrected chi connectivity index (χ1v) is 8.39. The van der Waals surface area contributed by atoms with Crippen molar-refractivity contribution in [2.45, 2.75) is 51.3 Å². The van der Waals surface area contributed by atoms with Crippen LogP contribution >= 0.6 is 11.8 Å². The minimum absolute atomic E-state index is 0.000866. The van der Waals surface area contributed by atoms with Crippen LogP contribution in [0, 0.1) is 5.92 Å². The standard InChI is InChI=1S/C14H26N2O2S/c1-5-10(2)13-14(18)16(8-6-11(3)19-4)9-7-12(17)15-13/h10-11,13H,5-9H2,1-4H3,(H,15,17). The normalized spacial score (nSPS) is 23.8. The minimum Gasteiger partial charge on any atom is -0.344 e. The van der Waals surface area contributed by atoms with Gasteiger partial charge in [0.1, 0.15) is 6.04 Å². The topological polar surface area (TPSA) is 49.4 Å². The van der Waals surface area contributed by atoms with Gasteiger partial charge in [-0.15, -0.1) is 0 Å². The highest BCUT2D eigenvalue weighted by molar-refractivity contribution is 7.99. The smallest absolute Gasteiger partial charge is 0.245 e. The van der Waals surface area contributed by atoms with Gasteiger partial charge < -0.3 is 10.2 Å². The monoisotopic (exact) mass is 286 g/mol. The summed E-state index contributed by atoms with van der Waals surface area (Å²) in [7, 11) is 0. The number of hydrogen-bond acceptors (Lipinski definition) is 3. The molecule has 0 bridgehead atoms. The van der Waals surface area contributed by atoms with Gasteiger partial charge in [0.15, 0.2) is 0 Å². The highest BCUT2D eigenvalue weighted by Gasteiger charge is 2.32. The van der Waals surface area contributed by atoms with Gasteiger partial charge in [0.2, 0.25) is 11.8 Å². The molecule has 1 N–H and O–H groups in total. The van der Waals surface area contributed by atoms with Gasteiger partial charge in [-0.3, -0.25) is 9.59 Å². The van der Waals surface area contributed by atoms with Gasteiger partial charge in [-0.1, -0.05) is 27.2 Å². The molecule has 5 heteroatoms. The third-order valence-electron chi connectivity index (χ3n) is 3.92. The van der Waals surface area contributed by atoms with Crippen LogP contribution in [0.1, 0.15) is 40.0 Å². The van der Waals surface area contributed by atoms with E-state index in [9.17, 15) is 9.59 Å². The molecule has 0 aromatic carbocycles. The first kappa shape index (κ1) is 16.3. The third kappa shape index (κ3) is 4.71. The van der Waals surface area contributed by atoms with Gasteiger partial charge in [0, 0.05) is 24.8 Å². The van der Waals surface area contributed by atoms with E-state index in [1.807, 2.05) is 23.6 Å². The summed E-state index contributed by atoms with van der Waals surface area (Å²) in [5.74, 6) is 0.280. The van der Waals surface area contributed by atoms with Crippen molar-refractivity contribution >= 4 is 23.6 Å². The van der Waals surface area contributed by atoms with Gasteiger partial charge in [-0.05, 0) is 18.6 Å². The summed E-state index contributed by atoms with van der Waals surface area (Å²) in [6.45, 7) is 7.55. The SMILES string of the molecule is CCC(C)C1NC(=O)CCN(CCC(C)SC)C1=O. The summed E-state index contributed by atoms with van der Waals surface area (Å²) < 4.78 is 0. The third-order valence-corrected chi connectivity index (χ3v) is 4.96. The Kier molecular flexibility index (Phi) is 6.69. The molecular formula is C14H26N2O2S. The molecule has 0 aromatic rings. The zero-order chi connectivity index (χ0) is 14.4. The molecule has 0 spiro atoms. The van der Waals surface area contributed by atoms with E-state index in [0.29, 0.717) is 18.2 Å². The summed E-state index contributed by atoms with van der Waals surface area (Å²) in [5.41, 5.74) is 0. The fraction of sp³-hybridized carbons (Fsp3) is 0.857. The van der Waals surface area contributed by atoms with Crippen LogP contribution in [0.25, 0.3) is 0 Å². The Morgan fingerprint density at radius 3 is 2.68 bits per heavy atom. The van der Waals surface area contributed by atoms with Gasteiger partial charge >= 0.3 is 0 Å². The number of carbonyl (C=O) groups is 2. The largest absolute Gasteiger partial charge is 0.344 e. The van der Waals surface area contributed by atoms with Crippen molar-refractivity contribution in [2.75, 3.05) is 19.3 Å². The Bertz CT molecular complexity index is 323.